The molecular formula is C15H24N2O4. The van der Waals surface area contributed by atoms with E-state index in [1.165, 1.54) is 0 Å². The molecule has 1 aliphatic heterocycles. The number of amides is 2. The summed E-state index contributed by atoms with van der Waals surface area (Å²) in [6.45, 7) is 5.59. The zero-order chi connectivity index (χ0) is 15.7. The molecule has 1 heterocycles. The zero-order valence-electron chi connectivity index (χ0n) is 12.5. The largest absolute Gasteiger partial charge is 0.464 e. The Morgan fingerprint density at radius 2 is 2.29 bits per heavy atom. The highest BCUT2D eigenvalue weighted by atomic mass is 16.5. The molecule has 0 aromatic carbocycles. The molecule has 0 aliphatic carbocycles. The van der Waals surface area contributed by atoms with Crippen LogP contribution >= 0.6 is 0 Å². The maximum absolute atomic E-state index is 12.2. The Bertz CT molecular complexity index is 395. The molecule has 2 amide bonds. The first-order valence-corrected chi connectivity index (χ1v) is 7.45. The lowest BCUT2D eigenvalue weighted by Crippen LogP contribution is -2.51. The Balaban J connectivity index is 2.62. The monoisotopic (exact) mass is 296 g/mol. The van der Waals surface area contributed by atoms with Gasteiger partial charge in [-0.05, 0) is 32.6 Å². The summed E-state index contributed by atoms with van der Waals surface area (Å²) in [5.74, 6) is -0.897. The van der Waals surface area contributed by atoms with Gasteiger partial charge in [-0.25, -0.2) is 4.79 Å². The lowest BCUT2D eigenvalue weighted by Gasteiger charge is -2.21. The van der Waals surface area contributed by atoms with Gasteiger partial charge in [-0.2, -0.15) is 0 Å². The molecule has 0 radical (unpaired) electrons. The van der Waals surface area contributed by atoms with Crippen molar-refractivity contribution in [1.29, 1.82) is 0 Å². The SMILES string of the molecule is C=CCC[C@@H](NC(=O)[C@@H]1CCCCC(=O)N1)C(=O)OCC. The van der Waals surface area contributed by atoms with Crippen LogP contribution in [0, 0.1) is 0 Å². The minimum atomic E-state index is -0.699. The number of carbonyl (C=O) groups is 3. The Labute approximate surface area is 125 Å². The van der Waals surface area contributed by atoms with Crippen molar-refractivity contribution in [2.24, 2.45) is 0 Å². The fourth-order valence-electron chi connectivity index (χ4n) is 2.22. The molecule has 6 nitrogen and oxygen atoms in total. The molecule has 6 heteroatoms. The van der Waals surface area contributed by atoms with Crippen molar-refractivity contribution in [1.82, 2.24) is 10.6 Å². The highest BCUT2D eigenvalue weighted by molar-refractivity contribution is 5.90. The molecule has 2 atom stereocenters. The molecule has 0 aromatic rings. The van der Waals surface area contributed by atoms with E-state index < -0.39 is 18.1 Å². The van der Waals surface area contributed by atoms with Crippen molar-refractivity contribution >= 4 is 17.8 Å². The average molecular weight is 296 g/mol. The van der Waals surface area contributed by atoms with Crippen molar-refractivity contribution < 1.29 is 19.1 Å². The predicted octanol–water partition coefficient (Wildman–Crippen LogP) is 1.06. The van der Waals surface area contributed by atoms with Gasteiger partial charge in [-0.1, -0.05) is 12.5 Å². The first-order chi connectivity index (χ1) is 10.1. The summed E-state index contributed by atoms with van der Waals surface area (Å²) in [5, 5.41) is 5.37. The quantitative estimate of drug-likeness (QED) is 0.543. The van der Waals surface area contributed by atoms with Gasteiger partial charge in [0.25, 0.3) is 0 Å². The second-order valence-electron chi connectivity index (χ2n) is 5.05. The van der Waals surface area contributed by atoms with E-state index in [1.807, 2.05) is 0 Å². The number of hydrogen-bond acceptors (Lipinski definition) is 4. The van der Waals surface area contributed by atoms with Crippen molar-refractivity contribution in [3.63, 3.8) is 0 Å². The molecular weight excluding hydrogens is 272 g/mol. The topological polar surface area (TPSA) is 84.5 Å². The van der Waals surface area contributed by atoms with Crippen molar-refractivity contribution in [2.75, 3.05) is 6.61 Å². The number of carbonyl (C=O) groups excluding carboxylic acids is 3. The molecule has 0 bridgehead atoms. The molecule has 1 aliphatic rings. The maximum atomic E-state index is 12.2. The third-order valence-electron chi connectivity index (χ3n) is 3.35. The van der Waals surface area contributed by atoms with Gasteiger partial charge in [0, 0.05) is 6.42 Å². The molecule has 0 aromatic heterocycles. The van der Waals surface area contributed by atoms with E-state index in [2.05, 4.69) is 17.2 Å². The van der Waals surface area contributed by atoms with Gasteiger partial charge in [0.1, 0.15) is 12.1 Å². The van der Waals surface area contributed by atoms with Crippen LogP contribution in [0.2, 0.25) is 0 Å². The summed E-state index contributed by atoms with van der Waals surface area (Å²) >= 11 is 0. The third-order valence-corrected chi connectivity index (χ3v) is 3.35. The molecule has 2 N–H and O–H groups in total. The molecule has 0 spiro atoms. The second-order valence-corrected chi connectivity index (χ2v) is 5.05. The van der Waals surface area contributed by atoms with E-state index in [0.29, 0.717) is 25.7 Å². The fraction of sp³-hybridized carbons (Fsp3) is 0.667. The second kappa shape index (κ2) is 9.15. The van der Waals surface area contributed by atoms with Gasteiger partial charge in [0.2, 0.25) is 11.8 Å². The number of nitrogens with one attached hydrogen (secondary N) is 2. The standard InChI is InChI=1S/C15H24N2O4/c1-3-5-8-12(15(20)21-4-2)17-14(19)11-9-6-7-10-13(18)16-11/h3,11-12H,1,4-10H2,2H3,(H,16,18)(H,17,19)/t11-,12+/m0/s1. The van der Waals surface area contributed by atoms with E-state index in [1.54, 1.807) is 13.0 Å². The van der Waals surface area contributed by atoms with Crippen LogP contribution in [0.4, 0.5) is 0 Å². The molecule has 1 rings (SSSR count). The van der Waals surface area contributed by atoms with E-state index in [4.69, 9.17) is 4.74 Å². The van der Waals surface area contributed by atoms with Gasteiger partial charge in [0.15, 0.2) is 0 Å². The van der Waals surface area contributed by atoms with Crippen molar-refractivity contribution in [2.45, 2.75) is 57.5 Å². The first-order valence-electron chi connectivity index (χ1n) is 7.45. The van der Waals surface area contributed by atoms with Crippen LogP contribution in [0.15, 0.2) is 12.7 Å². The van der Waals surface area contributed by atoms with Crippen LogP contribution in [0.5, 0.6) is 0 Å². The van der Waals surface area contributed by atoms with Crippen molar-refractivity contribution in [3.8, 4) is 0 Å². The molecule has 1 saturated heterocycles. The van der Waals surface area contributed by atoms with E-state index >= 15 is 0 Å². The Morgan fingerprint density at radius 3 is 2.95 bits per heavy atom. The van der Waals surface area contributed by atoms with Gasteiger partial charge >= 0.3 is 5.97 Å². The molecule has 0 saturated carbocycles. The molecule has 21 heavy (non-hydrogen) atoms. The summed E-state index contributed by atoms with van der Waals surface area (Å²) in [4.78, 5) is 35.6. The predicted molar refractivity (Wildman–Crippen MR) is 78.4 cm³/mol. The summed E-state index contributed by atoms with van der Waals surface area (Å²) in [5.41, 5.74) is 0. The number of ether oxygens (including phenoxy) is 1. The Hall–Kier alpha value is -1.85. The maximum Gasteiger partial charge on any atom is 0.328 e. The van der Waals surface area contributed by atoms with Crippen LogP contribution in [0.3, 0.4) is 0 Å². The van der Waals surface area contributed by atoms with Gasteiger partial charge in [0.05, 0.1) is 6.61 Å². The normalized spacial score (nSPS) is 19.9. The van der Waals surface area contributed by atoms with Crippen LogP contribution < -0.4 is 10.6 Å². The van der Waals surface area contributed by atoms with Crippen molar-refractivity contribution in [3.05, 3.63) is 12.7 Å². The lowest BCUT2D eigenvalue weighted by atomic mass is 10.1. The first kappa shape index (κ1) is 17.2. The molecule has 0 unspecified atom stereocenters. The van der Waals surface area contributed by atoms with E-state index in [9.17, 15) is 14.4 Å². The van der Waals surface area contributed by atoms with Crippen LogP contribution in [-0.2, 0) is 19.1 Å². The fourth-order valence-corrected chi connectivity index (χ4v) is 2.22. The van der Waals surface area contributed by atoms with Crippen LogP contribution in [-0.4, -0.2) is 36.5 Å². The highest BCUT2D eigenvalue weighted by Crippen LogP contribution is 2.10. The van der Waals surface area contributed by atoms with Gasteiger partial charge in [-0.15, -0.1) is 6.58 Å². The minimum Gasteiger partial charge on any atom is -0.464 e. The third kappa shape index (κ3) is 5.97. The van der Waals surface area contributed by atoms with Gasteiger partial charge in [-0.3, -0.25) is 9.59 Å². The van der Waals surface area contributed by atoms with E-state index in [-0.39, 0.29) is 18.4 Å². The molecule has 1 fully saturated rings. The van der Waals surface area contributed by atoms with E-state index in [0.717, 1.165) is 12.8 Å². The highest BCUT2D eigenvalue weighted by Gasteiger charge is 2.27. The zero-order valence-corrected chi connectivity index (χ0v) is 12.5. The average Bonchev–Trinajstić information content (AvgIpc) is 2.68. The number of hydrogen-bond donors (Lipinski definition) is 2. The Morgan fingerprint density at radius 1 is 1.52 bits per heavy atom. The number of rotatable bonds is 7. The minimum absolute atomic E-state index is 0.119. The summed E-state index contributed by atoms with van der Waals surface area (Å²) in [7, 11) is 0. The number of esters is 1. The summed E-state index contributed by atoms with van der Waals surface area (Å²) in [6.07, 6.45) is 5.36. The molecule has 118 valence electrons. The summed E-state index contributed by atoms with van der Waals surface area (Å²) < 4.78 is 4.96. The van der Waals surface area contributed by atoms with Gasteiger partial charge < -0.3 is 15.4 Å². The van der Waals surface area contributed by atoms with Crippen LogP contribution in [0.1, 0.15) is 45.4 Å². The smallest absolute Gasteiger partial charge is 0.328 e. The Kier molecular flexibility index (Phi) is 7.50. The number of allylic oxidation sites excluding steroid dienone is 1. The lowest BCUT2D eigenvalue weighted by molar-refractivity contribution is -0.147. The summed E-state index contributed by atoms with van der Waals surface area (Å²) in [6, 6.07) is -1.27. The van der Waals surface area contributed by atoms with Crippen LogP contribution in [0.25, 0.3) is 0 Å².